The molecule has 13 heavy (non-hydrogen) atoms. The van der Waals surface area contributed by atoms with Crippen molar-refractivity contribution >= 4 is 5.69 Å². The van der Waals surface area contributed by atoms with Gasteiger partial charge in [-0.15, -0.1) is 0 Å². The van der Waals surface area contributed by atoms with Crippen LogP contribution in [0.15, 0.2) is 24.3 Å². The number of benzene rings is 1. The van der Waals surface area contributed by atoms with Gasteiger partial charge in [0.2, 0.25) is 0 Å². The minimum atomic E-state index is 0.750. The Morgan fingerprint density at radius 3 is 2.77 bits per heavy atom. The van der Waals surface area contributed by atoms with E-state index in [0.717, 1.165) is 12.5 Å². The first-order valence-electron chi connectivity index (χ1n) is 5.03. The van der Waals surface area contributed by atoms with Crippen molar-refractivity contribution < 1.29 is 0 Å². The maximum Gasteiger partial charge on any atom is 0.0342 e. The minimum absolute atomic E-state index is 0.750. The van der Waals surface area contributed by atoms with Crippen LogP contribution in [-0.2, 0) is 0 Å². The van der Waals surface area contributed by atoms with E-state index in [-0.39, 0.29) is 0 Å². The van der Waals surface area contributed by atoms with E-state index in [4.69, 9.17) is 0 Å². The summed E-state index contributed by atoms with van der Waals surface area (Å²) in [5, 5.41) is 3.44. The smallest absolute Gasteiger partial charge is 0.0342 e. The second-order valence-corrected chi connectivity index (χ2v) is 3.76. The number of aryl methyl sites for hydroxylation is 1. The molecule has 1 atom stereocenters. The van der Waals surface area contributed by atoms with Crippen molar-refractivity contribution in [1.29, 1.82) is 0 Å². The standard InChI is InChI=1S/C12H19N/c1-4-10(2)9-13-12-7-5-6-11(3)8-12/h5-8,10,13H,4,9H2,1-3H3. The third-order valence-corrected chi connectivity index (χ3v) is 2.37. The molecule has 0 bridgehead atoms. The van der Waals surface area contributed by atoms with Crippen molar-refractivity contribution in [2.45, 2.75) is 27.2 Å². The Hall–Kier alpha value is -0.980. The first-order chi connectivity index (χ1) is 6.22. The van der Waals surface area contributed by atoms with Crippen molar-refractivity contribution in [3.05, 3.63) is 29.8 Å². The maximum absolute atomic E-state index is 3.44. The van der Waals surface area contributed by atoms with Gasteiger partial charge in [-0.3, -0.25) is 0 Å². The molecule has 0 heterocycles. The molecule has 0 aromatic heterocycles. The van der Waals surface area contributed by atoms with E-state index >= 15 is 0 Å². The summed E-state index contributed by atoms with van der Waals surface area (Å²) in [6.45, 7) is 7.68. The number of nitrogens with one attached hydrogen (secondary N) is 1. The highest BCUT2D eigenvalue weighted by Gasteiger charge is 1.97. The third-order valence-electron chi connectivity index (χ3n) is 2.37. The average molecular weight is 177 g/mol. The van der Waals surface area contributed by atoms with Crippen LogP contribution >= 0.6 is 0 Å². The summed E-state index contributed by atoms with van der Waals surface area (Å²) in [6, 6.07) is 8.51. The monoisotopic (exact) mass is 177 g/mol. The molecule has 1 N–H and O–H groups in total. The SMILES string of the molecule is CCC(C)CNc1cccc(C)c1. The van der Waals surface area contributed by atoms with Crippen LogP contribution in [-0.4, -0.2) is 6.54 Å². The Morgan fingerprint density at radius 1 is 1.38 bits per heavy atom. The molecule has 1 nitrogen and oxygen atoms in total. The van der Waals surface area contributed by atoms with E-state index in [9.17, 15) is 0 Å². The van der Waals surface area contributed by atoms with E-state index in [0.29, 0.717) is 0 Å². The van der Waals surface area contributed by atoms with Gasteiger partial charge in [0.1, 0.15) is 0 Å². The van der Waals surface area contributed by atoms with Gasteiger partial charge in [-0.2, -0.15) is 0 Å². The van der Waals surface area contributed by atoms with Crippen LogP contribution in [0.4, 0.5) is 5.69 Å². The largest absolute Gasteiger partial charge is 0.385 e. The topological polar surface area (TPSA) is 12.0 Å². The minimum Gasteiger partial charge on any atom is -0.385 e. The van der Waals surface area contributed by atoms with Gasteiger partial charge in [0.15, 0.2) is 0 Å². The molecule has 1 unspecified atom stereocenters. The van der Waals surface area contributed by atoms with Crippen LogP contribution < -0.4 is 5.32 Å². The molecule has 0 spiro atoms. The molecule has 0 saturated carbocycles. The van der Waals surface area contributed by atoms with Crippen molar-refractivity contribution in [3.63, 3.8) is 0 Å². The van der Waals surface area contributed by atoms with Crippen LogP contribution in [0.3, 0.4) is 0 Å². The summed E-state index contributed by atoms with van der Waals surface area (Å²) in [7, 11) is 0. The van der Waals surface area contributed by atoms with Gasteiger partial charge in [-0.25, -0.2) is 0 Å². The van der Waals surface area contributed by atoms with Crippen LogP contribution in [0.5, 0.6) is 0 Å². The quantitative estimate of drug-likeness (QED) is 0.742. The van der Waals surface area contributed by atoms with E-state index in [2.05, 4.69) is 50.4 Å². The Bertz CT molecular complexity index is 255. The lowest BCUT2D eigenvalue weighted by atomic mass is 10.1. The molecule has 1 aromatic rings. The van der Waals surface area contributed by atoms with Gasteiger partial charge in [0.25, 0.3) is 0 Å². The predicted molar refractivity (Wildman–Crippen MR) is 59.1 cm³/mol. The Kier molecular flexibility index (Phi) is 3.81. The molecule has 0 amide bonds. The van der Waals surface area contributed by atoms with Gasteiger partial charge in [-0.1, -0.05) is 32.4 Å². The molecular weight excluding hydrogens is 158 g/mol. The number of hydrogen-bond donors (Lipinski definition) is 1. The summed E-state index contributed by atoms with van der Waals surface area (Å²) in [5.41, 5.74) is 2.55. The van der Waals surface area contributed by atoms with E-state index in [1.54, 1.807) is 0 Å². The zero-order valence-electron chi connectivity index (χ0n) is 8.80. The zero-order valence-corrected chi connectivity index (χ0v) is 8.80. The van der Waals surface area contributed by atoms with Gasteiger partial charge in [0, 0.05) is 12.2 Å². The first kappa shape index (κ1) is 10.1. The second-order valence-electron chi connectivity index (χ2n) is 3.76. The van der Waals surface area contributed by atoms with E-state index in [1.807, 2.05) is 0 Å². The zero-order chi connectivity index (χ0) is 9.68. The number of hydrogen-bond acceptors (Lipinski definition) is 1. The molecular formula is C12H19N. The molecule has 0 saturated heterocycles. The molecule has 0 aliphatic heterocycles. The van der Waals surface area contributed by atoms with Gasteiger partial charge >= 0.3 is 0 Å². The molecule has 72 valence electrons. The normalized spacial score (nSPS) is 12.5. The van der Waals surface area contributed by atoms with Crippen molar-refractivity contribution in [3.8, 4) is 0 Å². The lowest BCUT2D eigenvalue weighted by Gasteiger charge is -2.11. The molecule has 0 radical (unpaired) electrons. The summed E-state index contributed by atoms with van der Waals surface area (Å²) in [5.74, 6) is 0.750. The molecule has 0 aliphatic rings. The fourth-order valence-corrected chi connectivity index (χ4v) is 1.19. The first-order valence-corrected chi connectivity index (χ1v) is 5.03. The molecule has 1 heteroatoms. The highest BCUT2D eigenvalue weighted by molar-refractivity contribution is 5.45. The van der Waals surface area contributed by atoms with Crippen molar-refractivity contribution in [2.75, 3.05) is 11.9 Å². The predicted octanol–water partition coefficient (Wildman–Crippen LogP) is 3.45. The fourth-order valence-electron chi connectivity index (χ4n) is 1.19. The van der Waals surface area contributed by atoms with Crippen LogP contribution in [0.1, 0.15) is 25.8 Å². The lowest BCUT2D eigenvalue weighted by Crippen LogP contribution is -2.10. The Labute approximate surface area is 81.2 Å². The van der Waals surface area contributed by atoms with Crippen molar-refractivity contribution in [2.24, 2.45) is 5.92 Å². The maximum atomic E-state index is 3.44. The number of rotatable bonds is 4. The third kappa shape index (κ3) is 3.49. The van der Waals surface area contributed by atoms with Crippen molar-refractivity contribution in [1.82, 2.24) is 0 Å². The average Bonchev–Trinajstić information content (AvgIpc) is 2.14. The van der Waals surface area contributed by atoms with E-state index in [1.165, 1.54) is 17.7 Å². The highest BCUT2D eigenvalue weighted by atomic mass is 14.9. The molecule has 1 rings (SSSR count). The second kappa shape index (κ2) is 4.90. The fraction of sp³-hybridized carbons (Fsp3) is 0.500. The van der Waals surface area contributed by atoms with Crippen LogP contribution in [0.2, 0.25) is 0 Å². The molecule has 0 fully saturated rings. The number of anilines is 1. The summed E-state index contributed by atoms with van der Waals surface area (Å²) in [6.07, 6.45) is 1.23. The van der Waals surface area contributed by atoms with E-state index < -0.39 is 0 Å². The Balaban J connectivity index is 2.45. The van der Waals surface area contributed by atoms with Gasteiger partial charge in [-0.05, 0) is 30.5 Å². The highest BCUT2D eigenvalue weighted by Crippen LogP contribution is 2.10. The summed E-state index contributed by atoms with van der Waals surface area (Å²) in [4.78, 5) is 0. The lowest BCUT2D eigenvalue weighted by molar-refractivity contribution is 0.593. The molecule has 1 aromatic carbocycles. The summed E-state index contributed by atoms with van der Waals surface area (Å²) < 4.78 is 0. The van der Waals surface area contributed by atoms with Crippen LogP contribution in [0.25, 0.3) is 0 Å². The Morgan fingerprint density at radius 2 is 2.15 bits per heavy atom. The van der Waals surface area contributed by atoms with Gasteiger partial charge < -0.3 is 5.32 Å². The summed E-state index contributed by atoms with van der Waals surface area (Å²) >= 11 is 0. The molecule has 0 aliphatic carbocycles. The van der Waals surface area contributed by atoms with Gasteiger partial charge in [0.05, 0.1) is 0 Å². The van der Waals surface area contributed by atoms with Crippen LogP contribution in [0, 0.1) is 12.8 Å².